The fraction of sp³-hybridized carbons (Fsp3) is 0.350. The fourth-order valence-corrected chi connectivity index (χ4v) is 4.61. The van der Waals surface area contributed by atoms with Crippen molar-refractivity contribution in [2.75, 3.05) is 11.1 Å². The van der Waals surface area contributed by atoms with Gasteiger partial charge in [0.25, 0.3) is 5.56 Å². The minimum Gasteiger partial charge on any atom is -0.325 e. The number of hydrogen-bond donors (Lipinski definition) is 1. The molecule has 5 nitrogen and oxygen atoms in total. The van der Waals surface area contributed by atoms with Crippen LogP contribution in [0, 0.1) is 13.8 Å². The van der Waals surface area contributed by atoms with Crippen molar-refractivity contribution in [2.45, 2.75) is 38.8 Å². The minimum atomic E-state index is -0.120. The number of thioether (sulfide) groups is 1. The van der Waals surface area contributed by atoms with Gasteiger partial charge in [-0.25, -0.2) is 4.98 Å². The SMILES string of the molecule is Cc1sc2nc(SCC(=O)Nc3ccc(C(C)C)cc3)n(C)c(=O)c2c1C. The van der Waals surface area contributed by atoms with Crippen molar-refractivity contribution in [3.05, 3.63) is 50.6 Å². The van der Waals surface area contributed by atoms with Crippen molar-refractivity contribution in [1.82, 2.24) is 9.55 Å². The molecule has 0 saturated heterocycles. The van der Waals surface area contributed by atoms with Crippen molar-refractivity contribution >= 4 is 44.9 Å². The number of fused-ring (bicyclic) bond motifs is 1. The lowest BCUT2D eigenvalue weighted by Gasteiger charge is -2.09. The summed E-state index contributed by atoms with van der Waals surface area (Å²) in [5.41, 5.74) is 2.93. The Balaban J connectivity index is 1.72. The third kappa shape index (κ3) is 4.09. The van der Waals surface area contributed by atoms with Crippen LogP contribution in [0.2, 0.25) is 0 Å². The molecular weight excluding hydrogens is 378 g/mol. The van der Waals surface area contributed by atoms with Crippen molar-refractivity contribution in [1.29, 1.82) is 0 Å². The van der Waals surface area contributed by atoms with E-state index in [0.717, 1.165) is 21.0 Å². The van der Waals surface area contributed by atoms with Gasteiger partial charge in [-0.2, -0.15) is 0 Å². The first-order chi connectivity index (χ1) is 12.8. The average Bonchev–Trinajstić information content (AvgIpc) is 2.91. The first-order valence-corrected chi connectivity index (χ1v) is 10.6. The topological polar surface area (TPSA) is 64.0 Å². The van der Waals surface area contributed by atoms with Crippen LogP contribution in [-0.2, 0) is 11.8 Å². The normalized spacial score (nSPS) is 11.3. The van der Waals surface area contributed by atoms with E-state index in [1.165, 1.54) is 33.2 Å². The number of nitrogens with zero attached hydrogens (tertiary/aromatic N) is 2. The molecule has 7 heteroatoms. The number of rotatable bonds is 5. The number of anilines is 1. The van der Waals surface area contributed by atoms with Crippen LogP contribution < -0.4 is 10.9 Å². The van der Waals surface area contributed by atoms with Crippen LogP contribution in [0.25, 0.3) is 10.2 Å². The molecule has 0 radical (unpaired) electrons. The van der Waals surface area contributed by atoms with Gasteiger partial charge in [-0.3, -0.25) is 14.2 Å². The van der Waals surface area contributed by atoms with Crippen molar-refractivity contribution < 1.29 is 4.79 Å². The summed E-state index contributed by atoms with van der Waals surface area (Å²) in [7, 11) is 1.70. The number of hydrogen-bond acceptors (Lipinski definition) is 5. The summed E-state index contributed by atoms with van der Waals surface area (Å²) in [5.74, 6) is 0.531. The number of thiophene rings is 1. The predicted molar refractivity (Wildman–Crippen MR) is 114 cm³/mol. The molecule has 1 N–H and O–H groups in total. The van der Waals surface area contributed by atoms with Crippen LogP contribution in [0.3, 0.4) is 0 Å². The zero-order valence-corrected chi connectivity index (χ0v) is 17.8. The van der Waals surface area contributed by atoms with Gasteiger partial charge in [-0.05, 0) is 43.0 Å². The molecule has 27 heavy (non-hydrogen) atoms. The Morgan fingerprint density at radius 1 is 1.26 bits per heavy atom. The lowest BCUT2D eigenvalue weighted by atomic mass is 10.0. The molecular formula is C20H23N3O2S2. The van der Waals surface area contributed by atoms with Crippen LogP contribution in [0.15, 0.2) is 34.2 Å². The molecule has 0 unspecified atom stereocenters. The van der Waals surface area contributed by atoms with E-state index in [1.807, 2.05) is 38.1 Å². The molecule has 1 aromatic carbocycles. The maximum atomic E-state index is 12.6. The Kier molecular flexibility index (Phi) is 5.72. The molecule has 3 rings (SSSR count). The second kappa shape index (κ2) is 7.86. The van der Waals surface area contributed by atoms with Crippen LogP contribution >= 0.6 is 23.1 Å². The summed E-state index contributed by atoms with van der Waals surface area (Å²) >= 11 is 2.79. The van der Waals surface area contributed by atoms with E-state index in [-0.39, 0.29) is 17.2 Å². The van der Waals surface area contributed by atoms with Crippen LogP contribution in [-0.4, -0.2) is 21.2 Å². The number of aryl methyl sites for hydroxylation is 2. The smallest absolute Gasteiger partial charge is 0.262 e. The number of carbonyl (C=O) groups is 1. The largest absolute Gasteiger partial charge is 0.325 e. The monoisotopic (exact) mass is 401 g/mol. The molecule has 0 bridgehead atoms. The summed E-state index contributed by atoms with van der Waals surface area (Å²) < 4.78 is 1.52. The molecule has 1 amide bonds. The Morgan fingerprint density at radius 2 is 1.93 bits per heavy atom. The summed E-state index contributed by atoms with van der Waals surface area (Å²) in [4.78, 5) is 31.3. The van der Waals surface area contributed by atoms with Gasteiger partial charge in [-0.15, -0.1) is 11.3 Å². The first kappa shape index (κ1) is 19.6. The minimum absolute atomic E-state index is 0.0611. The second-order valence-corrected chi connectivity index (χ2v) is 8.98. The van der Waals surface area contributed by atoms with Crippen molar-refractivity contribution in [3.8, 4) is 0 Å². The van der Waals surface area contributed by atoms with Gasteiger partial charge in [0.05, 0.1) is 11.1 Å². The third-order valence-corrected chi connectivity index (χ3v) is 6.69. The Hall–Kier alpha value is -2.12. The van der Waals surface area contributed by atoms with Crippen LogP contribution in [0.4, 0.5) is 5.69 Å². The van der Waals surface area contributed by atoms with Gasteiger partial charge >= 0.3 is 0 Å². The molecule has 142 valence electrons. The zero-order chi connectivity index (χ0) is 19.7. The van der Waals surface area contributed by atoms with Crippen LogP contribution in [0.1, 0.15) is 35.8 Å². The molecule has 0 atom stereocenters. The van der Waals surface area contributed by atoms with E-state index >= 15 is 0 Å². The highest BCUT2D eigenvalue weighted by Crippen LogP contribution is 2.28. The Bertz CT molecular complexity index is 1050. The second-order valence-electron chi connectivity index (χ2n) is 6.84. The standard InChI is InChI=1S/C20H23N3O2S2/c1-11(2)14-6-8-15(9-7-14)21-16(24)10-26-20-22-18-17(19(25)23(20)5)12(3)13(4)27-18/h6-9,11H,10H2,1-5H3,(H,21,24). The number of benzene rings is 1. The predicted octanol–water partition coefficient (Wildman–Crippen LogP) is 4.47. The molecule has 0 spiro atoms. The quantitative estimate of drug-likeness (QED) is 0.506. The Labute approximate surface area is 166 Å². The summed E-state index contributed by atoms with van der Waals surface area (Å²) in [6.45, 7) is 8.21. The van der Waals surface area contributed by atoms with E-state index in [0.29, 0.717) is 16.5 Å². The molecule has 3 aromatic rings. The van der Waals surface area contributed by atoms with Gasteiger partial charge in [0.15, 0.2) is 5.16 Å². The van der Waals surface area contributed by atoms with Crippen molar-refractivity contribution in [3.63, 3.8) is 0 Å². The molecule has 0 aliphatic carbocycles. The molecule has 0 fully saturated rings. The number of aromatic nitrogens is 2. The lowest BCUT2D eigenvalue weighted by molar-refractivity contribution is -0.113. The van der Waals surface area contributed by atoms with Gasteiger partial charge in [-0.1, -0.05) is 37.7 Å². The van der Waals surface area contributed by atoms with E-state index in [4.69, 9.17) is 0 Å². The number of amides is 1. The maximum Gasteiger partial charge on any atom is 0.262 e. The molecule has 0 aliphatic heterocycles. The lowest BCUT2D eigenvalue weighted by Crippen LogP contribution is -2.21. The highest BCUT2D eigenvalue weighted by Gasteiger charge is 2.15. The highest BCUT2D eigenvalue weighted by atomic mass is 32.2. The number of carbonyl (C=O) groups excluding carboxylic acids is 1. The third-order valence-electron chi connectivity index (χ3n) is 4.56. The van der Waals surface area contributed by atoms with Gasteiger partial charge in [0.2, 0.25) is 5.91 Å². The summed E-state index contributed by atoms with van der Waals surface area (Å²) in [5, 5.41) is 4.12. The maximum absolute atomic E-state index is 12.6. The van der Waals surface area contributed by atoms with Gasteiger partial charge in [0.1, 0.15) is 4.83 Å². The van der Waals surface area contributed by atoms with Crippen LogP contribution in [0.5, 0.6) is 0 Å². The van der Waals surface area contributed by atoms with E-state index in [1.54, 1.807) is 7.05 Å². The summed E-state index contributed by atoms with van der Waals surface area (Å²) in [6, 6.07) is 7.87. The Morgan fingerprint density at radius 3 is 2.56 bits per heavy atom. The molecule has 0 aliphatic rings. The first-order valence-electron chi connectivity index (χ1n) is 8.77. The summed E-state index contributed by atoms with van der Waals surface area (Å²) in [6.07, 6.45) is 0. The average molecular weight is 402 g/mol. The molecule has 0 saturated carbocycles. The van der Waals surface area contributed by atoms with E-state index < -0.39 is 0 Å². The van der Waals surface area contributed by atoms with E-state index in [2.05, 4.69) is 24.1 Å². The highest BCUT2D eigenvalue weighted by molar-refractivity contribution is 7.99. The van der Waals surface area contributed by atoms with E-state index in [9.17, 15) is 9.59 Å². The molecule has 2 heterocycles. The van der Waals surface area contributed by atoms with Gasteiger partial charge in [0, 0.05) is 17.6 Å². The number of nitrogens with one attached hydrogen (secondary N) is 1. The molecule has 2 aromatic heterocycles. The van der Waals surface area contributed by atoms with Crippen molar-refractivity contribution in [2.24, 2.45) is 7.05 Å². The van der Waals surface area contributed by atoms with Gasteiger partial charge < -0.3 is 5.32 Å². The fourth-order valence-electron chi connectivity index (χ4n) is 2.76. The zero-order valence-electron chi connectivity index (χ0n) is 16.1.